The van der Waals surface area contributed by atoms with Gasteiger partial charge < -0.3 is 4.90 Å². The molecule has 1 aromatic carbocycles. The van der Waals surface area contributed by atoms with Crippen molar-refractivity contribution in [2.75, 3.05) is 12.8 Å². The zero-order valence-corrected chi connectivity index (χ0v) is 15.6. The highest BCUT2D eigenvalue weighted by molar-refractivity contribution is 7.89. The zero-order chi connectivity index (χ0) is 17.7. The van der Waals surface area contributed by atoms with Crippen molar-refractivity contribution in [3.8, 4) is 0 Å². The minimum absolute atomic E-state index is 0.0362. The highest BCUT2D eigenvalue weighted by Crippen LogP contribution is 2.23. The van der Waals surface area contributed by atoms with E-state index in [1.54, 1.807) is 41.3 Å². The van der Waals surface area contributed by atoms with E-state index >= 15 is 0 Å². The van der Waals surface area contributed by atoms with Crippen LogP contribution in [0.2, 0.25) is 4.34 Å². The van der Waals surface area contributed by atoms with Gasteiger partial charge in [0.05, 0.1) is 16.6 Å². The first-order valence-corrected chi connectivity index (χ1v) is 10.4. The summed E-state index contributed by atoms with van der Waals surface area (Å²) in [5, 5.41) is 0. The molecule has 0 radical (unpaired) electrons. The number of hydrogen-bond donors (Lipinski definition) is 0. The smallest absolute Gasteiger partial charge is 0.254 e. The molecule has 1 aromatic heterocycles. The summed E-state index contributed by atoms with van der Waals surface area (Å²) in [7, 11) is -3.09. The van der Waals surface area contributed by atoms with Crippen LogP contribution in [-0.2, 0) is 22.1 Å². The molecule has 0 aliphatic heterocycles. The first-order valence-electron chi connectivity index (χ1n) is 7.19. The number of thiophene rings is 1. The maximum absolute atomic E-state index is 12.7. The molecule has 0 atom stereocenters. The third-order valence-electron chi connectivity index (χ3n) is 3.24. The molecular weight excluding hydrogens is 366 g/mol. The van der Waals surface area contributed by atoms with Gasteiger partial charge in [0.25, 0.3) is 5.91 Å². The van der Waals surface area contributed by atoms with E-state index < -0.39 is 9.84 Å². The summed E-state index contributed by atoms with van der Waals surface area (Å²) in [6.07, 6.45) is 2.86. The van der Waals surface area contributed by atoms with E-state index in [9.17, 15) is 13.2 Å². The Bertz CT molecular complexity index is 826. The Morgan fingerprint density at radius 3 is 2.42 bits per heavy atom. The van der Waals surface area contributed by atoms with Gasteiger partial charge in [-0.05, 0) is 29.8 Å². The SMILES string of the molecule is C=CCN(Cc1ccc(Cl)s1)C(=O)c1ccc(CS(C)(=O)=O)cc1. The van der Waals surface area contributed by atoms with Gasteiger partial charge in [0.2, 0.25) is 0 Å². The lowest BCUT2D eigenvalue weighted by atomic mass is 10.1. The van der Waals surface area contributed by atoms with Crippen LogP contribution in [0, 0.1) is 0 Å². The molecular formula is C17H18ClNO3S2. The van der Waals surface area contributed by atoms with Gasteiger partial charge in [-0.15, -0.1) is 17.9 Å². The van der Waals surface area contributed by atoms with Crippen LogP contribution in [-0.4, -0.2) is 32.0 Å². The van der Waals surface area contributed by atoms with E-state index in [0.717, 1.165) is 4.88 Å². The van der Waals surface area contributed by atoms with Crippen LogP contribution in [0.15, 0.2) is 49.1 Å². The molecule has 0 spiro atoms. The Hall–Kier alpha value is -1.63. The molecule has 1 amide bonds. The summed E-state index contributed by atoms with van der Waals surface area (Å²) in [5.41, 5.74) is 1.17. The van der Waals surface area contributed by atoms with Crippen LogP contribution < -0.4 is 0 Å². The summed E-state index contributed by atoms with van der Waals surface area (Å²) < 4.78 is 23.3. The van der Waals surface area contributed by atoms with Gasteiger partial charge in [-0.25, -0.2) is 8.42 Å². The van der Waals surface area contributed by atoms with Crippen molar-refractivity contribution in [2.24, 2.45) is 0 Å². The number of carbonyl (C=O) groups excluding carboxylic acids is 1. The third kappa shape index (κ3) is 5.47. The molecule has 4 nitrogen and oxygen atoms in total. The molecule has 2 aromatic rings. The van der Waals surface area contributed by atoms with Gasteiger partial charge >= 0.3 is 0 Å². The monoisotopic (exact) mass is 383 g/mol. The van der Waals surface area contributed by atoms with Gasteiger partial charge in [0.15, 0.2) is 9.84 Å². The van der Waals surface area contributed by atoms with E-state index in [2.05, 4.69) is 6.58 Å². The predicted octanol–water partition coefficient (Wildman–Crippen LogP) is 3.77. The number of amides is 1. The van der Waals surface area contributed by atoms with Crippen LogP contribution in [0.5, 0.6) is 0 Å². The van der Waals surface area contributed by atoms with Gasteiger partial charge in [0.1, 0.15) is 0 Å². The fourth-order valence-electron chi connectivity index (χ4n) is 2.23. The van der Waals surface area contributed by atoms with Crippen molar-refractivity contribution in [3.63, 3.8) is 0 Å². The average Bonchev–Trinajstić information content (AvgIpc) is 2.90. The highest BCUT2D eigenvalue weighted by atomic mass is 35.5. The number of hydrogen-bond acceptors (Lipinski definition) is 4. The Morgan fingerprint density at radius 2 is 1.92 bits per heavy atom. The van der Waals surface area contributed by atoms with Crippen molar-refractivity contribution in [1.29, 1.82) is 0 Å². The third-order valence-corrected chi connectivity index (χ3v) is 5.32. The number of halogens is 1. The molecule has 0 bridgehead atoms. The van der Waals surface area contributed by atoms with Crippen molar-refractivity contribution in [2.45, 2.75) is 12.3 Å². The second-order valence-corrected chi connectivity index (χ2v) is 9.39. The minimum atomic E-state index is -3.09. The van der Waals surface area contributed by atoms with Crippen molar-refractivity contribution in [3.05, 3.63) is 69.4 Å². The zero-order valence-electron chi connectivity index (χ0n) is 13.2. The minimum Gasteiger partial charge on any atom is -0.330 e. The highest BCUT2D eigenvalue weighted by Gasteiger charge is 2.16. The lowest BCUT2D eigenvalue weighted by Crippen LogP contribution is -2.30. The summed E-state index contributed by atoms with van der Waals surface area (Å²) in [6.45, 7) is 4.56. The second kappa shape index (κ2) is 7.96. The molecule has 0 aliphatic rings. The molecule has 7 heteroatoms. The van der Waals surface area contributed by atoms with Crippen LogP contribution in [0.4, 0.5) is 0 Å². The van der Waals surface area contributed by atoms with E-state index in [0.29, 0.717) is 28.6 Å². The summed E-state index contributed by atoms with van der Waals surface area (Å²) in [5.74, 6) is -0.170. The van der Waals surface area contributed by atoms with Crippen molar-refractivity contribution >= 4 is 38.7 Å². The summed E-state index contributed by atoms with van der Waals surface area (Å²) in [4.78, 5) is 15.3. The summed E-state index contributed by atoms with van der Waals surface area (Å²) >= 11 is 7.37. The molecule has 0 aliphatic carbocycles. The molecule has 0 N–H and O–H groups in total. The Morgan fingerprint density at radius 1 is 1.25 bits per heavy atom. The van der Waals surface area contributed by atoms with Crippen LogP contribution in [0.25, 0.3) is 0 Å². The Labute approximate surface area is 151 Å². The van der Waals surface area contributed by atoms with Crippen LogP contribution in [0.1, 0.15) is 20.8 Å². The Kier molecular flexibility index (Phi) is 6.21. The lowest BCUT2D eigenvalue weighted by molar-refractivity contribution is 0.0764. The quantitative estimate of drug-likeness (QED) is 0.684. The Balaban J connectivity index is 2.15. The largest absolute Gasteiger partial charge is 0.330 e. The molecule has 0 saturated carbocycles. The molecule has 0 unspecified atom stereocenters. The predicted molar refractivity (Wildman–Crippen MR) is 99.3 cm³/mol. The van der Waals surface area contributed by atoms with E-state index in [1.807, 2.05) is 6.07 Å². The van der Waals surface area contributed by atoms with Crippen molar-refractivity contribution in [1.82, 2.24) is 4.90 Å². The maximum atomic E-state index is 12.7. The van der Waals surface area contributed by atoms with Crippen LogP contribution in [0.3, 0.4) is 0 Å². The molecule has 24 heavy (non-hydrogen) atoms. The molecule has 128 valence electrons. The van der Waals surface area contributed by atoms with Gasteiger partial charge in [-0.3, -0.25) is 4.79 Å². The van der Waals surface area contributed by atoms with Gasteiger partial charge in [-0.1, -0.05) is 29.8 Å². The van der Waals surface area contributed by atoms with Crippen LogP contribution >= 0.6 is 22.9 Å². The fraction of sp³-hybridized carbons (Fsp3) is 0.235. The van der Waals surface area contributed by atoms with Gasteiger partial charge in [-0.2, -0.15) is 0 Å². The topological polar surface area (TPSA) is 54.5 Å². The molecule has 0 fully saturated rings. The van der Waals surface area contributed by atoms with Crippen molar-refractivity contribution < 1.29 is 13.2 Å². The molecule has 1 heterocycles. The number of benzene rings is 1. The van der Waals surface area contributed by atoms with Gasteiger partial charge in [0, 0.05) is 23.2 Å². The number of nitrogens with zero attached hydrogens (tertiary/aromatic N) is 1. The number of rotatable bonds is 7. The summed E-state index contributed by atoms with van der Waals surface area (Å²) in [6, 6.07) is 10.3. The van der Waals surface area contributed by atoms with E-state index in [1.165, 1.54) is 17.6 Å². The first kappa shape index (κ1) is 18.7. The second-order valence-electron chi connectivity index (χ2n) is 5.45. The number of carbonyl (C=O) groups is 1. The molecule has 0 saturated heterocycles. The molecule has 2 rings (SSSR count). The fourth-order valence-corrected chi connectivity index (χ4v) is 4.13. The lowest BCUT2D eigenvalue weighted by Gasteiger charge is -2.20. The average molecular weight is 384 g/mol. The maximum Gasteiger partial charge on any atom is 0.254 e. The standard InChI is InChI=1S/C17H18ClNO3S2/c1-3-10-19(11-15-8-9-16(18)23-15)17(20)14-6-4-13(5-7-14)12-24(2,21)22/h3-9H,1,10-12H2,2H3. The first-order chi connectivity index (χ1) is 11.3. The van der Waals surface area contributed by atoms with E-state index in [4.69, 9.17) is 11.6 Å². The van der Waals surface area contributed by atoms with E-state index in [-0.39, 0.29) is 11.7 Å². The number of sulfone groups is 1. The normalized spacial score (nSPS) is 11.2.